The van der Waals surface area contributed by atoms with Crippen LogP contribution in [0.4, 0.5) is 0 Å². The number of amides is 2. The number of hydrazone groups is 2. The van der Waals surface area contributed by atoms with Crippen LogP contribution in [0.5, 0.6) is 23.0 Å². The smallest absolute Gasteiger partial charge is 0.303 e. The number of aliphatic carboxylic acids is 1. The number of aromatic hydroxyl groups is 4. The van der Waals surface area contributed by atoms with E-state index in [2.05, 4.69) is 79.2 Å². The maximum atomic E-state index is 12.7. The molecule has 0 spiro atoms. The van der Waals surface area contributed by atoms with Gasteiger partial charge in [0.2, 0.25) is 0 Å². The lowest BCUT2D eigenvalue weighted by Gasteiger charge is -2.34. The summed E-state index contributed by atoms with van der Waals surface area (Å²) in [4.78, 5) is 42.7. The van der Waals surface area contributed by atoms with Gasteiger partial charge < -0.3 is 35.7 Å². The first-order valence-corrected chi connectivity index (χ1v) is 26.7. The molecule has 8 rings (SSSR count). The molecule has 74 heavy (non-hydrogen) atoms. The molecule has 4 aromatic carbocycles. The summed E-state index contributed by atoms with van der Waals surface area (Å²) >= 11 is 0. The third-order valence-electron chi connectivity index (χ3n) is 14.2. The summed E-state index contributed by atoms with van der Waals surface area (Å²) in [7, 11) is 0. The maximum absolute atomic E-state index is 12.7. The first-order chi connectivity index (χ1) is 35.6. The van der Waals surface area contributed by atoms with Crippen molar-refractivity contribution in [2.75, 3.05) is 58.9 Å². The van der Waals surface area contributed by atoms with E-state index in [9.17, 15) is 34.8 Å². The van der Waals surface area contributed by atoms with Crippen molar-refractivity contribution in [3.05, 3.63) is 117 Å². The Balaban J connectivity index is 0.000000212. The predicted molar refractivity (Wildman–Crippen MR) is 291 cm³/mol. The number of piperazine rings is 2. The number of carbonyl (C=O) groups is 3. The van der Waals surface area contributed by atoms with E-state index in [1.54, 1.807) is 12.1 Å². The molecule has 0 aromatic heterocycles. The number of carboxylic acids is 1. The summed E-state index contributed by atoms with van der Waals surface area (Å²) in [5, 5.41) is 61.3. The average Bonchev–Trinajstić information content (AvgIpc) is 3.95. The highest BCUT2D eigenvalue weighted by Crippen LogP contribution is 2.38. The van der Waals surface area contributed by atoms with Gasteiger partial charge in [-0.1, -0.05) is 122 Å². The van der Waals surface area contributed by atoms with E-state index in [0.29, 0.717) is 40.1 Å². The fraction of sp³-hybridized carbons (Fsp3) is 0.500. The Bertz CT molecular complexity index is 2550. The van der Waals surface area contributed by atoms with Crippen molar-refractivity contribution in [2.45, 2.75) is 130 Å². The van der Waals surface area contributed by atoms with Gasteiger partial charge in [-0.05, 0) is 76.7 Å². The number of rotatable bonds is 19. The van der Waals surface area contributed by atoms with Gasteiger partial charge in [0.25, 0.3) is 11.8 Å². The van der Waals surface area contributed by atoms with E-state index in [1.807, 2.05) is 52.0 Å². The van der Waals surface area contributed by atoms with Gasteiger partial charge in [-0.2, -0.15) is 10.2 Å². The van der Waals surface area contributed by atoms with E-state index in [-0.39, 0.29) is 46.6 Å². The van der Waals surface area contributed by atoms with Crippen molar-refractivity contribution >= 4 is 29.2 Å². The van der Waals surface area contributed by atoms with E-state index in [4.69, 9.17) is 5.11 Å². The molecule has 2 amide bonds. The van der Waals surface area contributed by atoms with Crippen LogP contribution in [0.3, 0.4) is 0 Å². The largest absolute Gasteiger partial charge is 0.508 e. The van der Waals surface area contributed by atoms with Gasteiger partial charge in [-0.15, -0.1) is 0 Å². The Morgan fingerprint density at radius 1 is 0.568 bits per heavy atom. The Morgan fingerprint density at radius 3 is 1.41 bits per heavy atom. The van der Waals surface area contributed by atoms with Crippen LogP contribution in [-0.2, 0) is 27.5 Å². The topological polar surface area (TPSA) is 223 Å². The molecule has 4 aliphatic heterocycles. The van der Waals surface area contributed by atoms with Gasteiger partial charge in [0, 0.05) is 95.1 Å². The summed E-state index contributed by atoms with van der Waals surface area (Å²) in [5.41, 5.74) is 12.5. The molecule has 2 atom stereocenters. The normalized spacial score (nSPS) is 18.3. The molecule has 0 radical (unpaired) electrons. The highest BCUT2D eigenvalue weighted by atomic mass is 16.4. The molecule has 2 unspecified atom stereocenters. The molecule has 2 saturated heterocycles. The highest BCUT2D eigenvalue weighted by Gasteiger charge is 2.36. The maximum Gasteiger partial charge on any atom is 0.303 e. The second kappa shape index (κ2) is 27.8. The Morgan fingerprint density at radius 2 is 0.986 bits per heavy atom. The number of benzene rings is 4. The minimum Gasteiger partial charge on any atom is -0.508 e. The lowest BCUT2D eigenvalue weighted by atomic mass is 9.87. The SMILES string of the molecule is CC(C)c1cc(C2=NNC(=O)C2c2ccc(CN3CCNCC3)cc2)c(O)cc1O.CCCCCC(=O)O.CCCCCCN1CCN(Cc2ccc(C3C(=O)NN=C3c3cc(C(C)C)c(O)cc3O)cc2)CC1. The fourth-order valence-corrected chi connectivity index (χ4v) is 9.79. The number of nitrogens with zero attached hydrogens (tertiary/aromatic N) is 5. The van der Waals surface area contributed by atoms with Crippen molar-refractivity contribution in [1.82, 2.24) is 30.9 Å². The van der Waals surface area contributed by atoms with Gasteiger partial charge in [0.1, 0.15) is 34.8 Å². The minimum atomic E-state index is -0.682. The van der Waals surface area contributed by atoms with Gasteiger partial charge in [-0.3, -0.25) is 24.2 Å². The lowest BCUT2D eigenvalue weighted by molar-refractivity contribution is -0.137. The number of hydrogen-bond donors (Lipinski definition) is 8. The zero-order valence-electron chi connectivity index (χ0n) is 44.4. The molecule has 400 valence electrons. The zero-order chi connectivity index (χ0) is 53.3. The van der Waals surface area contributed by atoms with Crippen LogP contribution >= 0.6 is 0 Å². The molecule has 8 N–H and O–H groups in total. The molecule has 0 aliphatic carbocycles. The third-order valence-corrected chi connectivity index (χ3v) is 14.2. The number of phenolic OH excluding ortho intramolecular Hbond substituents is 4. The Kier molecular flexibility index (Phi) is 21.4. The van der Waals surface area contributed by atoms with E-state index >= 15 is 0 Å². The summed E-state index contributed by atoms with van der Waals surface area (Å²) in [6.07, 6.45) is 8.53. The van der Waals surface area contributed by atoms with E-state index in [0.717, 1.165) is 95.8 Å². The number of nitrogens with one attached hydrogen (secondary N) is 3. The van der Waals surface area contributed by atoms with Gasteiger partial charge in [-0.25, -0.2) is 10.9 Å². The molecule has 0 bridgehead atoms. The number of hydrogen-bond acceptors (Lipinski definition) is 13. The summed E-state index contributed by atoms with van der Waals surface area (Å²) in [6.45, 7) is 23.7. The molecule has 4 aliphatic rings. The van der Waals surface area contributed by atoms with Gasteiger partial charge in [0.15, 0.2) is 0 Å². The number of carbonyl (C=O) groups excluding carboxylic acids is 2. The Labute approximate surface area is 437 Å². The predicted octanol–water partition coefficient (Wildman–Crippen LogP) is 8.43. The monoisotopic (exact) mass is 1020 g/mol. The van der Waals surface area contributed by atoms with Crippen molar-refractivity contribution in [3.63, 3.8) is 0 Å². The summed E-state index contributed by atoms with van der Waals surface area (Å²) in [5.74, 6) is -2.29. The molecule has 4 aromatic rings. The van der Waals surface area contributed by atoms with Crippen LogP contribution in [-0.4, -0.2) is 128 Å². The molecule has 16 heteroatoms. The molecule has 4 heterocycles. The first-order valence-electron chi connectivity index (χ1n) is 26.7. The zero-order valence-corrected chi connectivity index (χ0v) is 44.4. The van der Waals surface area contributed by atoms with Gasteiger partial charge in [0.05, 0.1) is 11.4 Å². The summed E-state index contributed by atoms with van der Waals surface area (Å²) in [6, 6.07) is 22.3. The second-order valence-electron chi connectivity index (χ2n) is 20.5. The van der Waals surface area contributed by atoms with Crippen LogP contribution in [0, 0.1) is 0 Å². The third kappa shape index (κ3) is 15.6. The Hall–Kier alpha value is -6.33. The van der Waals surface area contributed by atoms with Crippen molar-refractivity contribution in [3.8, 4) is 23.0 Å². The quantitative estimate of drug-likeness (QED) is 0.0415. The highest BCUT2D eigenvalue weighted by molar-refractivity contribution is 6.22. The second-order valence-corrected chi connectivity index (χ2v) is 20.5. The lowest BCUT2D eigenvalue weighted by Crippen LogP contribution is -2.46. The minimum absolute atomic E-state index is 0.0398. The van der Waals surface area contributed by atoms with Crippen molar-refractivity contribution in [2.24, 2.45) is 10.2 Å². The summed E-state index contributed by atoms with van der Waals surface area (Å²) < 4.78 is 0. The average molecular weight is 1020 g/mol. The molecular formula is C58H80N8O8. The molecular weight excluding hydrogens is 937 g/mol. The fourth-order valence-electron chi connectivity index (χ4n) is 9.79. The van der Waals surface area contributed by atoms with Gasteiger partial charge >= 0.3 is 5.97 Å². The van der Waals surface area contributed by atoms with Crippen LogP contribution < -0.4 is 16.2 Å². The number of phenols is 4. The van der Waals surface area contributed by atoms with Crippen molar-refractivity contribution < 1.29 is 39.9 Å². The van der Waals surface area contributed by atoms with Crippen LogP contribution in [0.1, 0.15) is 161 Å². The van der Waals surface area contributed by atoms with E-state index in [1.165, 1.54) is 55.5 Å². The standard InChI is InChI=1S/C29H40N4O3.C23H28N4O3.C6H12O2/c1-4-5-6-7-12-32-13-15-33(16-14-32)19-21-8-10-22(11-9-21)27-28(30-31-29(27)36)24-17-23(20(2)3)25(34)18-26(24)35;1-14(2)17-11-18(20(29)12-19(17)28)22-21(23(30)26-25-22)16-5-3-15(4-6-16)13-27-9-7-24-8-10-27;1-2-3-4-5-6(7)8/h8-11,17-18,20,27,34-35H,4-7,12-16,19H2,1-3H3,(H,31,36);3-6,11-12,14,21,24,28-29H,7-10,13H2,1-2H3,(H,26,30);2-5H2,1H3,(H,7,8). The first kappa shape index (κ1) is 57.0. The van der Waals surface area contributed by atoms with E-state index < -0.39 is 17.8 Å². The van der Waals surface area contributed by atoms with Crippen LogP contribution in [0.15, 0.2) is 83.0 Å². The molecule has 16 nitrogen and oxygen atoms in total. The molecule has 2 fully saturated rings. The van der Waals surface area contributed by atoms with Crippen LogP contribution in [0.2, 0.25) is 0 Å². The van der Waals surface area contributed by atoms with Crippen molar-refractivity contribution in [1.29, 1.82) is 0 Å². The number of unbranched alkanes of at least 4 members (excludes halogenated alkanes) is 5. The van der Waals surface area contributed by atoms with Crippen LogP contribution in [0.25, 0.3) is 0 Å². The molecule has 0 saturated carbocycles. The number of carboxylic acid groups (broad SMARTS) is 1.